The SMILES string of the molecule is CC(C)c1cc(C(=O)N2CCc3oc(CCc4ccccc4)nc3C2)nc(N)n1. The van der Waals surface area contributed by atoms with Crippen LogP contribution < -0.4 is 5.73 Å². The minimum absolute atomic E-state index is 0.127. The van der Waals surface area contributed by atoms with Crippen molar-refractivity contribution in [3.05, 3.63) is 70.7 Å². The van der Waals surface area contributed by atoms with Crippen LogP contribution in [0, 0.1) is 0 Å². The van der Waals surface area contributed by atoms with Crippen molar-refractivity contribution < 1.29 is 9.21 Å². The summed E-state index contributed by atoms with van der Waals surface area (Å²) in [5.74, 6) is 1.74. The van der Waals surface area contributed by atoms with Crippen LogP contribution in [-0.4, -0.2) is 32.3 Å². The highest BCUT2D eigenvalue weighted by atomic mass is 16.4. The van der Waals surface area contributed by atoms with Gasteiger partial charge in [0.25, 0.3) is 5.91 Å². The molecule has 7 heteroatoms. The molecule has 0 atom stereocenters. The Hall–Kier alpha value is -3.22. The lowest BCUT2D eigenvalue weighted by atomic mass is 10.1. The first kappa shape index (κ1) is 19.1. The highest BCUT2D eigenvalue weighted by Crippen LogP contribution is 2.23. The number of hydrogen-bond acceptors (Lipinski definition) is 6. The number of rotatable bonds is 5. The summed E-state index contributed by atoms with van der Waals surface area (Å²) in [5, 5.41) is 0. The van der Waals surface area contributed by atoms with Crippen molar-refractivity contribution in [1.29, 1.82) is 0 Å². The summed E-state index contributed by atoms with van der Waals surface area (Å²) in [7, 11) is 0. The third-order valence-corrected chi connectivity index (χ3v) is 5.10. The Morgan fingerprint density at radius 3 is 2.72 bits per heavy atom. The van der Waals surface area contributed by atoms with Crippen molar-refractivity contribution >= 4 is 11.9 Å². The van der Waals surface area contributed by atoms with Gasteiger partial charge in [0, 0.05) is 25.1 Å². The number of nitrogen functional groups attached to an aromatic ring is 1. The summed E-state index contributed by atoms with van der Waals surface area (Å²) in [6.45, 7) is 5.01. The van der Waals surface area contributed by atoms with Gasteiger partial charge >= 0.3 is 0 Å². The van der Waals surface area contributed by atoms with Crippen molar-refractivity contribution in [2.24, 2.45) is 0 Å². The molecular formula is C22H25N5O2. The van der Waals surface area contributed by atoms with Crippen LogP contribution in [0.25, 0.3) is 0 Å². The van der Waals surface area contributed by atoms with Crippen LogP contribution in [0.5, 0.6) is 0 Å². The first-order valence-electron chi connectivity index (χ1n) is 9.94. The summed E-state index contributed by atoms with van der Waals surface area (Å²) in [4.78, 5) is 27.7. The van der Waals surface area contributed by atoms with Gasteiger partial charge in [-0.1, -0.05) is 44.2 Å². The Morgan fingerprint density at radius 2 is 1.97 bits per heavy atom. The summed E-state index contributed by atoms with van der Waals surface area (Å²) in [6.07, 6.45) is 2.27. The van der Waals surface area contributed by atoms with Crippen molar-refractivity contribution in [3.8, 4) is 0 Å². The normalized spacial score (nSPS) is 13.6. The molecule has 3 aromatic rings. The standard InChI is InChI=1S/C22H25N5O2/c1-14(2)16-12-17(26-22(23)25-16)21(28)27-11-10-19-18(13-27)24-20(29-19)9-8-15-6-4-3-5-7-15/h3-7,12,14H,8-11,13H2,1-2H3,(H2,23,25,26). The third-order valence-electron chi connectivity index (χ3n) is 5.10. The molecule has 0 aliphatic carbocycles. The number of fused-ring (bicyclic) bond motifs is 1. The Bertz CT molecular complexity index is 1010. The van der Waals surface area contributed by atoms with Gasteiger partial charge in [-0.05, 0) is 24.0 Å². The molecule has 0 fully saturated rings. The van der Waals surface area contributed by atoms with Crippen LogP contribution in [0.3, 0.4) is 0 Å². The summed E-state index contributed by atoms with van der Waals surface area (Å²) >= 11 is 0. The molecule has 1 aliphatic rings. The second-order valence-corrected chi connectivity index (χ2v) is 7.63. The van der Waals surface area contributed by atoms with Gasteiger partial charge in [0.2, 0.25) is 5.95 Å². The summed E-state index contributed by atoms with van der Waals surface area (Å²) in [6, 6.07) is 12.0. The van der Waals surface area contributed by atoms with Crippen molar-refractivity contribution in [2.45, 2.75) is 45.6 Å². The van der Waals surface area contributed by atoms with Crippen molar-refractivity contribution in [1.82, 2.24) is 19.9 Å². The number of benzene rings is 1. The molecule has 1 aromatic carbocycles. The second-order valence-electron chi connectivity index (χ2n) is 7.63. The Morgan fingerprint density at radius 1 is 1.17 bits per heavy atom. The van der Waals surface area contributed by atoms with E-state index in [2.05, 4.69) is 27.1 Å². The van der Waals surface area contributed by atoms with E-state index in [4.69, 9.17) is 10.2 Å². The highest BCUT2D eigenvalue weighted by Gasteiger charge is 2.27. The number of amides is 1. The molecule has 1 aliphatic heterocycles. The predicted octanol–water partition coefficient (Wildman–Crippen LogP) is 3.15. The number of aryl methyl sites for hydroxylation is 2. The van der Waals surface area contributed by atoms with Crippen molar-refractivity contribution in [3.63, 3.8) is 0 Å². The van der Waals surface area contributed by atoms with Gasteiger partial charge in [-0.2, -0.15) is 0 Å². The number of nitrogens with zero attached hydrogens (tertiary/aromatic N) is 4. The fourth-order valence-electron chi connectivity index (χ4n) is 3.48. The molecule has 7 nitrogen and oxygen atoms in total. The lowest BCUT2D eigenvalue weighted by Gasteiger charge is -2.25. The number of carbonyl (C=O) groups excluding carboxylic acids is 1. The van der Waals surface area contributed by atoms with E-state index in [0.29, 0.717) is 25.2 Å². The summed E-state index contributed by atoms with van der Waals surface area (Å²) < 4.78 is 5.94. The van der Waals surface area contributed by atoms with Gasteiger partial charge in [0.1, 0.15) is 17.1 Å². The molecule has 3 heterocycles. The molecule has 29 heavy (non-hydrogen) atoms. The molecule has 1 amide bonds. The average molecular weight is 391 g/mol. The molecule has 0 radical (unpaired) electrons. The van der Waals surface area contributed by atoms with E-state index in [0.717, 1.165) is 35.9 Å². The van der Waals surface area contributed by atoms with Crippen LogP contribution in [0.1, 0.15) is 58.9 Å². The van der Waals surface area contributed by atoms with Crippen LogP contribution in [0.4, 0.5) is 5.95 Å². The fraction of sp³-hybridized carbons (Fsp3) is 0.364. The van der Waals surface area contributed by atoms with Crippen LogP contribution in [0.2, 0.25) is 0 Å². The minimum atomic E-state index is -0.152. The smallest absolute Gasteiger partial charge is 0.273 e. The van der Waals surface area contributed by atoms with E-state index in [1.165, 1.54) is 5.56 Å². The van der Waals surface area contributed by atoms with E-state index < -0.39 is 0 Å². The quantitative estimate of drug-likeness (QED) is 0.717. The van der Waals surface area contributed by atoms with Gasteiger partial charge in [0.05, 0.1) is 6.54 Å². The monoisotopic (exact) mass is 391 g/mol. The van der Waals surface area contributed by atoms with E-state index in [1.54, 1.807) is 11.0 Å². The van der Waals surface area contributed by atoms with Gasteiger partial charge < -0.3 is 15.1 Å². The molecule has 0 saturated carbocycles. The molecule has 0 unspecified atom stereocenters. The zero-order chi connectivity index (χ0) is 20.4. The van der Waals surface area contributed by atoms with Crippen LogP contribution in [0.15, 0.2) is 40.8 Å². The molecule has 0 saturated heterocycles. The number of anilines is 1. The number of carbonyl (C=O) groups is 1. The van der Waals surface area contributed by atoms with Crippen LogP contribution in [-0.2, 0) is 25.8 Å². The van der Waals surface area contributed by atoms with Crippen LogP contribution >= 0.6 is 0 Å². The number of oxazole rings is 1. The predicted molar refractivity (Wildman–Crippen MR) is 109 cm³/mol. The molecule has 2 N–H and O–H groups in total. The van der Waals surface area contributed by atoms with E-state index in [-0.39, 0.29) is 17.8 Å². The van der Waals surface area contributed by atoms with E-state index in [9.17, 15) is 4.79 Å². The van der Waals surface area contributed by atoms with E-state index in [1.807, 2.05) is 32.0 Å². The number of hydrogen-bond donors (Lipinski definition) is 1. The maximum Gasteiger partial charge on any atom is 0.273 e. The molecule has 0 bridgehead atoms. The Labute approximate surface area is 170 Å². The first-order chi connectivity index (χ1) is 14.0. The lowest BCUT2D eigenvalue weighted by molar-refractivity contribution is 0.0721. The Kier molecular flexibility index (Phi) is 5.29. The van der Waals surface area contributed by atoms with E-state index >= 15 is 0 Å². The zero-order valence-corrected chi connectivity index (χ0v) is 16.8. The largest absolute Gasteiger partial charge is 0.445 e. The summed E-state index contributed by atoms with van der Waals surface area (Å²) in [5.41, 5.74) is 8.99. The maximum absolute atomic E-state index is 13.0. The minimum Gasteiger partial charge on any atom is -0.445 e. The lowest BCUT2D eigenvalue weighted by Crippen LogP contribution is -2.36. The topological polar surface area (TPSA) is 98.1 Å². The maximum atomic E-state index is 13.0. The molecule has 4 rings (SSSR count). The second kappa shape index (κ2) is 8.03. The molecule has 0 spiro atoms. The first-order valence-corrected chi connectivity index (χ1v) is 9.94. The molecule has 150 valence electrons. The highest BCUT2D eigenvalue weighted by molar-refractivity contribution is 5.92. The average Bonchev–Trinajstić information content (AvgIpc) is 3.14. The molecular weight excluding hydrogens is 366 g/mol. The number of nitrogens with two attached hydrogens (primary N) is 1. The van der Waals surface area contributed by atoms with Gasteiger partial charge in [-0.25, -0.2) is 15.0 Å². The zero-order valence-electron chi connectivity index (χ0n) is 16.8. The van der Waals surface area contributed by atoms with Gasteiger partial charge in [-0.15, -0.1) is 0 Å². The van der Waals surface area contributed by atoms with Gasteiger partial charge in [0.15, 0.2) is 5.89 Å². The van der Waals surface area contributed by atoms with Crippen molar-refractivity contribution in [2.75, 3.05) is 12.3 Å². The van der Waals surface area contributed by atoms with Gasteiger partial charge in [-0.3, -0.25) is 4.79 Å². The Balaban J connectivity index is 1.46. The third kappa shape index (κ3) is 4.29. The molecule has 2 aromatic heterocycles. The fourth-order valence-corrected chi connectivity index (χ4v) is 3.48. The number of aromatic nitrogens is 3.